The number of nitrogens with one attached hydrogen (secondary N) is 1. The van der Waals surface area contributed by atoms with Gasteiger partial charge in [0.05, 0.1) is 29.5 Å². The Balaban J connectivity index is 1.48. The highest BCUT2D eigenvalue weighted by molar-refractivity contribution is 5.88. The molecule has 6 nitrogen and oxygen atoms in total. The van der Waals surface area contributed by atoms with Gasteiger partial charge in [-0.1, -0.05) is 79.9 Å². The number of pyridine rings is 1. The summed E-state index contributed by atoms with van der Waals surface area (Å²) in [6.45, 7) is 0.257. The number of hydrogen-bond acceptors (Lipinski definition) is 4. The molecular formula is C34H34N2O4. The highest BCUT2D eigenvalue weighted by atomic mass is 16.5. The summed E-state index contributed by atoms with van der Waals surface area (Å²) in [5, 5.41) is 13.3. The van der Waals surface area contributed by atoms with Gasteiger partial charge in [-0.15, -0.1) is 0 Å². The Morgan fingerprint density at radius 1 is 0.950 bits per heavy atom. The Labute approximate surface area is 233 Å². The summed E-state index contributed by atoms with van der Waals surface area (Å²) >= 11 is 0. The van der Waals surface area contributed by atoms with E-state index in [4.69, 9.17) is 4.74 Å². The van der Waals surface area contributed by atoms with Crippen LogP contribution in [0.2, 0.25) is 0 Å². The van der Waals surface area contributed by atoms with Gasteiger partial charge in [-0.2, -0.15) is 0 Å². The van der Waals surface area contributed by atoms with Crippen molar-refractivity contribution in [3.05, 3.63) is 112 Å². The van der Waals surface area contributed by atoms with E-state index >= 15 is 0 Å². The predicted octanol–water partition coefficient (Wildman–Crippen LogP) is 6.57. The van der Waals surface area contributed by atoms with Crippen molar-refractivity contribution in [2.45, 2.75) is 44.4 Å². The number of aromatic hydroxyl groups is 1. The van der Waals surface area contributed by atoms with Gasteiger partial charge in [0.25, 0.3) is 5.56 Å². The third kappa shape index (κ3) is 4.68. The normalized spacial score (nSPS) is 14.9. The van der Waals surface area contributed by atoms with Gasteiger partial charge >= 0.3 is 5.97 Å². The highest BCUT2D eigenvalue weighted by Gasteiger charge is 2.30. The first-order valence-corrected chi connectivity index (χ1v) is 14.2. The second-order valence-corrected chi connectivity index (χ2v) is 10.8. The van der Waals surface area contributed by atoms with Crippen molar-refractivity contribution in [1.29, 1.82) is 0 Å². The van der Waals surface area contributed by atoms with E-state index in [1.807, 2.05) is 78.9 Å². The first-order chi connectivity index (χ1) is 19.5. The first kappa shape index (κ1) is 25.9. The number of esters is 1. The third-order valence-corrected chi connectivity index (χ3v) is 8.40. The maximum atomic E-state index is 13.9. The van der Waals surface area contributed by atoms with Crippen LogP contribution >= 0.6 is 0 Å². The van der Waals surface area contributed by atoms with E-state index in [1.54, 1.807) is 11.6 Å². The summed E-state index contributed by atoms with van der Waals surface area (Å²) in [7, 11) is 1.74. The minimum Gasteiger partial charge on any atom is -0.507 e. The zero-order valence-corrected chi connectivity index (χ0v) is 22.7. The van der Waals surface area contributed by atoms with Crippen LogP contribution in [0.15, 0.2) is 83.7 Å². The van der Waals surface area contributed by atoms with E-state index < -0.39 is 5.92 Å². The number of nitrogens with zero attached hydrogens (tertiary/aromatic N) is 1. The zero-order chi connectivity index (χ0) is 27.6. The molecule has 0 amide bonds. The Bertz CT molecular complexity index is 1730. The molecule has 0 bridgehead atoms. The lowest BCUT2D eigenvalue weighted by Gasteiger charge is -2.22. The lowest BCUT2D eigenvalue weighted by molar-refractivity contribution is -0.149. The van der Waals surface area contributed by atoms with Gasteiger partial charge in [-0.05, 0) is 42.2 Å². The Kier molecular flexibility index (Phi) is 7.16. The van der Waals surface area contributed by atoms with E-state index in [2.05, 4.69) is 4.98 Å². The highest BCUT2D eigenvalue weighted by Crippen LogP contribution is 2.41. The second kappa shape index (κ2) is 11.0. The summed E-state index contributed by atoms with van der Waals surface area (Å²) in [4.78, 5) is 30.3. The molecule has 40 heavy (non-hydrogen) atoms. The van der Waals surface area contributed by atoms with Gasteiger partial charge in [0.15, 0.2) is 0 Å². The van der Waals surface area contributed by atoms with Gasteiger partial charge in [-0.3, -0.25) is 9.59 Å². The molecule has 2 heterocycles. The molecule has 5 aromatic rings. The minimum atomic E-state index is -0.555. The number of aromatic nitrogens is 2. The van der Waals surface area contributed by atoms with Gasteiger partial charge < -0.3 is 19.4 Å². The molecule has 2 N–H and O–H groups in total. The van der Waals surface area contributed by atoms with E-state index in [0.29, 0.717) is 22.9 Å². The van der Waals surface area contributed by atoms with Gasteiger partial charge in [0.1, 0.15) is 5.75 Å². The van der Waals surface area contributed by atoms with Gasteiger partial charge in [0, 0.05) is 35.5 Å². The van der Waals surface area contributed by atoms with E-state index in [0.717, 1.165) is 53.4 Å². The molecule has 1 unspecified atom stereocenters. The molecule has 6 heteroatoms. The number of H-pyrrole nitrogens is 1. The molecule has 1 atom stereocenters. The standard InChI is InChI=1S/C34H34N2O4/c1-36-28-19-11-9-17-26(28)32(37)30(33(36)38)29(22-12-4-2-5-13-22)31-25(24-16-8-10-18-27(24)35-31)20-21-40-34(39)23-14-6-3-7-15-23/h2,4-5,8-13,16-19,23,29,35,37H,3,6-7,14-15,20-21H2,1H3. The van der Waals surface area contributed by atoms with E-state index in [9.17, 15) is 14.7 Å². The second-order valence-electron chi connectivity index (χ2n) is 10.8. The molecule has 1 aliphatic carbocycles. The fourth-order valence-corrected chi connectivity index (χ4v) is 6.33. The van der Waals surface area contributed by atoms with Crippen LogP contribution in [0.4, 0.5) is 0 Å². The lowest BCUT2D eigenvalue weighted by Crippen LogP contribution is -2.25. The molecular weight excluding hydrogens is 500 g/mol. The smallest absolute Gasteiger partial charge is 0.308 e. The number of aryl methyl sites for hydroxylation is 1. The molecule has 0 saturated heterocycles. The van der Waals surface area contributed by atoms with Crippen LogP contribution in [0.3, 0.4) is 0 Å². The average molecular weight is 535 g/mol. The average Bonchev–Trinajstić information content (AvgIpc) is 3.36. The molecule has 1 aliphatic rings. The van der Waals surface area contributed by atoms with Crippen LogP contribution in [0, 0.1) is 5.92 Å². The monoisotopic (exact) mass is 534 g/mol. The molecule has 0 radical (unpaired) electrons. The van der Waals surface area contributed by atoms with Crippen molar-refractivity contribution in [1.82, 2.24) is 9.55 Å². The number of carbonyl (C=O) groups is 1. The van der Waals surface area contributed by atoms with Gasteiger partial charge in [0.2, 0.25) is 0 Å². The Morgan fingerprint density at radius 2 is 1.62 bits per heavy atom. The molecule has 1 fully saturated rings. The summed E-state index contributed by atoms with van der Waals surface area (Å²) in [6.07, 6.45) is 5.64. The zero-order valence-electron chi connectivity index (χ0n) is 22.7. The summed E-state index contributed by atoms with van der Waals surface area (Å²) in [5.41, 5.74) is 4.37. The van der Waals surface area contributed by atoms with Crippen LogP contribution in [0.1, 0.15) is 60.4 Å². The lowest BCUT2D eigenvalue weighted by atomic mass is 9.85. The van der Waals surface area contributed by atoms with Crippen molar-refractivity contribution < 1.29 is 14.6 Å². The van der Waals surface area contributed by atoms with Crippen molar-refractivity contribution in [2.75, 3.05) is 6.61 Å². The van der Waals surface area contributed by atoms with Crippen molar-refractivity contribution in [3.8, 4) is 5.75 Å². The number of benzene rings is 3. The van der Waals surface area contributed by atoms with Crippen LogP contribution in [0.5, 0.6) is 5.75 Å². The van der Waals surface area contributed by atoms with Crippen LogP contribution in [-0.4, -0.2) is 27.2 Å². The molecule has 204 valence electrons. The number of aromatic amines is 1. The van der Waals surface area contributed by atoms with Gasteiger partial charge in [-0.25, -0.2) is 0 Å². The fraction of sp³-hybridized carbons (Fsp3) is 0.294. The number of fused-ring (bicyclic) bond motifs is 2. The largest absolute Gasteiger partial charge is 0.507 e. The quantitative estimate of drug-likeness (QED) is 0.231. The maximum absolute atomic E-state index is 13.9. The minimum absolute atomic E-state index is 0.00850. The summed E-state index contributed by atoms with van der Waals surface area (Å²) < 4.78 is 7.41. The number of hydrogen-bond donors (Lipinski definition) is 2. The van der Waals surface area contributed by atoms with Crippen LogP contribution in [0.25, 0.3) is 21.8 Å². The summed E-state index contributed by atoms with van der Waals surface area (Å²) in [5.74, 6) is -0.686. The molecule has 0 aliphatic heterocycles. The maximum Gasteiger partial charge on any atom is 0.308 e. The van der Waals surface area contributed by atoms with E-state index in [1.165, 1.54) is 6.42 Å². The van der Waals surface area contributed by atoms with Crippen molar-refractivity contribution in [2.24, 2.45) is 13.0 Å². The third-order valence-electron chi connectivity index (χ3n) is 8.40. The molecule has 0 spiro atoms. The number of carbonyl (C=O) groups excluding carboxylic acids is 1. The summed E-state index contributed by atoms with van der Waals surface area (Å²) in [6, 6.07) is 25.2. The fourth-order valence-electron chi connectivity index (χ4n) is 6.33. The Hall–Kier alpha value is -4.32. The number of para-hydroxylation sites is 2. The first-order valence-electron chi connectivity index (χ1n) is 14.2. The number of ether oxygens (including phenoxy) is 1. The Morgan fingerprint density at radius 3 is 2.40 bits per heavy atom. The molecule has 6 rings (SSSR count). The van der Waals surface area contributed by atoms with Crippen LogP contribution < -0.4 is 5.56 Å². The van der Waals surface area contributed by atoms with E-state index in [-0.39, 0.29) is 29.8 Å². The van der Waals surface area contributed by atoms with Crippen molar-refractivity contribution >= 4 is 27.8 Å². The topological polar surface area (TPSA) is 84.3 Å². The molecule has 2 aromatic heterocycles. The predicted molar refractivity (Wildman–Crippen MR) is 158 cm³/mol. The SMILES string of the molecule is Cn1c(=O)c(C(c2ccccc2)c2[nH]c3ccccc3c2CCOC(=O)C2CCCCC2)c(O)c2ccccc21. The number of rotatable bonds is 7. The molecule has 1 saturated carbocycles. The van der Waals surface area contributed by atoms with Crippen molar-refractivity contribution in [3.63, 3.8) is 0 Å². The van der Waals surface area contributed by atoms with Crippen LogP contribution in [-0.2, 0) is 23.0 Å². The molecule has 3 aromatic carbocycles.